The third-order valence-electron chi connectivity index (χ3n) is 4.73. The lowest BCUT2D eigenvalue weighted by Crippen LogP contribution is -2.40. The van der Waals surface area contributed by atoms with Crippen molar-refractivity contribution in [2.45, 2.75) is 25.8 Å². The van der Waals surface area contributed by atoms with Gasteiger partial charge in [-0.05, 0) is 47.5 Å². The minimum Gasteiger partial charge on any atom is -0.331 e. The summed E-state index contributed by atoms with van der Waals surface area (Å²) in [7, 11) is 0. The highest BCUT2D eigenvalue weighted by Crippen LogP contribution is 2.37. The molecule has 0 saturated carbocycles. The third-order valence-corrected chi connectivity index (χ3v) is 5.73. The zero-order chi connectivity index (χ0) is 17.2. The van der Waals surface area contributed by atoms with Gasteiger partial charge >= 0.3 is 0 Å². The molecule has 0 aliphatic carbocycles. The van der Waals surface area contributed by atoms with Gasteiger partial charge in [0, 0.05) is 23.3 Å². The lowest BCUT2D eigenvalue weighted by molar-refractivity contribution is -0.132. The van der Waals surface area contributed by atoms with Gasteiger partial charge < -0.3 is 4.90 Å². The number of pyridine rings is 1. The Balaban J connectivity index is 1.65. The lowest BCUT2D eigenvalue weighted by atomic mass is 9.93. The summed E-state index contributed by atoms with van der Waals surface area (Å²) in [5.74, 6) is 0.163. The van der Waals surface area contributed by atoms with E-state index in [1.165, 1.54) is 16.0 Å². The van der Waals surface area contributed by atoms with Crippen LogP contribution in [0.5, 0.6) is 0 Å². The third kappa shape index (κ3) is 3.22. The summed E-state index contributed by atoms with van der Waals surface area (Å²) in [5.41, 5.74) is 4.40. The Bertz CT molecular complexity index is 870. The van der Waals surface area contributed by atoms with E-state index < -0.39 is 0 Å². The molecule has 4 heteroatoms. The monoisotopic (exact) mass is 348 g/mol. The average molecular weight is 348 g/mol. The number of hydrogen-bond acceptors (Lipinski definition) is 3. The molecule has 0 bridgehead atoms. The van der Waals surface area contributed by atoms with E-state index in [0.29, 0.717) is 6.42 Å². The number of nitrogens with zero attached hydrogens (tertiary/aromatic N) is 2. The average Bonchev–Trinajstić information content (AvgIpc) is 3.12. The highest BCUT2D eigenvalue weighted by atomic mass is 32.1. The molecule has 126 valence electrons. The van der Waals surface area contributed by atoms with Crippen LogP contribution in [-0.4, -0.2) is 22.3 Å². The van der Waals surface area contributed by atoms with Gasteiger partial charge in [-0.3, -0.25) is 9.78 Å². The first-order valence-corrected chi connectivity index (χ1v) is 9.42. The minimum atomic E-state index is 0.0158. The van der Waals surface area contributed by atoms with Gasteiger partial charge in [0.25, 0.3) is 0 Å². The van der Waals surface area contributed by atoms with Gasteiger partial charge in [-0.2, -0.15) is 0 Å². The largest absolute Gasteiger partial charge is 0.331 e. The van der Waals surface area contributed by atoms with Crippen LogP contribution in [0.25, 0.3) is 0 Å². The van der Waals surface area contributed by atoms with Crippen molar-refractivity contribution in [1.29, 1.82) is 0 Å². The summed E-state index contributed by atoms with van der Waals surface area (Å²) in [4.78, 5) is 20.8. The molecule has 3 aromatic rings. The van der Waals surface area contributed by atoms with Gasteiger partial charge in [0.15, 0.2) is 0 Å². The van der Waals surface area contributed by atoms with Crippen molar-refractivity contribution in [3.05, 3.63) is 87.4 Å². The number of carbonyl (C=O) groups excluding carboxylic acids is 1. The van der Waals surface area contributed by atoms with Crippen molar-refractivity contribution < 1.29 is 4.79 Å². The number of benzene rings is 1. The fourth-order valence-electron chi connectivity index (χ4n) is 3.46. The molecule has 1 aliphatic heterocycles. The quantitative estimate of drug-likeness (QED) is 0.712. The molecule has 3 nitrogen and oxygen atoms in total. The highest BCUT2D eigenvalue weighted by Gasteiger charge is 2.32. The molecule has 0 N–H and O–H groups in total. The number of fused-ring (bicyclic) bond motifs is 1. The van der Waals surface area contributed by atoms with Crippen LogP contribution in [0.1, 0.15) is 33.3 Å². The van der Waals surface area contributed by atoms with Gasteiger partial charge in [0.2, 0.25) is 5.91 Å². The molecule has 4 rings (SSSR count). The van der Waals surface area contributed by atoms with Crippen molar-refractivity contribution in [3.8, 4) is 0 Å². The van der Waals surface area contributed by atoms with Crippen LogP contribution in [0.4, 0.5) is 0 Å². The Kier molecular flexibility index (Phi) is 4.36. The fourth-order valence-corrected chi connectivity index (χ4v) is 4.36. The molecule has 1 amide bonds. The molecule has 1 aromatic carbocycles. The summed E-state index contributed by atoms with van der Waals surface area (Å²) in [6.07, 6.45) is 3.15. The summed E-state index contributed by atoms with van der Waals surface area (Å²) in [5, 5.41) is 2.14. The summed E-state index contributed by atoms with van der Waals surface area (Å²) < 4.78 is 0. The van der Waals surface area contributed by atoms with Gasteiger partial charge in [0.05, 0.1) is 12.5 Å². The van der Waals surface area contributed by atoms with Gasteiger partial charge in [-0.1, -0.05) is 36.4 Å². The Morgan fingerprint density at radius 3 is 2.80 bits per heavy atom. The number of aryl methyl sites for hydroxylation is 1. The predicted octanol–water partition coefficient (Wildman–Crippen LogP) is 4.17. The van der Waals surface area contributed by atoms with Crippen LogP contribution in [-0.2, 0) is 17.6 Å². The highest BCUT2D eigenvalue weighted by molar-refractivity contribution is 7.10. The van der Waals surface area contributed by atoms with Gasteiger partial charge in [-0.15, -0.1) is 11.3 Å². The van der Waals surface area contributed by atoms with Gasteiger partial charge in [-0.25, -0.2) is 0 Å². The van der Waals surface area contributed by atoms with E-state index in [9.17, 15) is 4.79 Å². The number of carbonyl (C=O) groups is 1. The van der Waals surface area contributed by atoms with E-state index in [1.807, 2.05) is 48.4 Å². The van der Waals surface area contributed by atoms with Crippen molar-refractivity contribution in [1.82, 2.24) is 9.88 Å². The number of amides is 1. The van der Waals surface area contributed by atoms with Crippen LogP contribution >= 0.6 is 11.3 Å². The maximum Gasteiger partial charge on any atom is 0.227 e. The number of hydrogen-bond donors (Lipinski definition) is 0. The maximum atomic E-state index is 13.1. The summed E-state index contributed by atoms with van der Waals surface area (Å²) in [6.45, 7) is 2.73. The fraction of sp³-hybridized carbons (Fsp3) is 0.238. The van der Waals surface area contributed by atoms with Crippen molar-refractivity contribution >= 4 is 17.2 Å². The molecule has 0 unspecified atom stereocenters. The van der Waals surface area contributed by atoms with Crippen LogP contribution in [0.3, 0.4) is 0 Å². The van der Waals surface area contributed by atoms with E-state index in [1.54, 1.807) is 11.3 Å². The first-order chi connectivity index (χ1) is 12.2. The molecular weight excluding hydrogens is 328 g/mol. The summed E-state index contributed by atoms with van der Waals surface area (Å²) in [6, 6.07) is 16.5. The topological polar surface area (TPSA) is 33.2 Å². The maximum absolute atomic E-state index is 13.1. The molecule has 3 heterocycles. The first kappa shape index (κ1) is 16.0. The Morgan fingerprint density at radius 1 is 1.20 bits per heavy atom. The minimum absolute atomic E-state index is 0.0158. The smallest absolute Gasteiger partial charge is 0.227 e. The standard InChI is InChI=1S/C21H20N2OS/c1-15-7-8-16(14-22-15)13-20(24)23-11-9-19-18(10-12-25-19)21(23)17-5-3-2-4-6-17/h2-8,10,12,14,21H,9,11,13H2,1H3/t21-/m0/s1. The summed E-state index contributed by atoms with van der Waals surface area (Å²) >= 11 is 1.80. The van der Waals surface area contributed by atoms with Crippen molar-refractivity contribution in [2.75, 3.05) is 6.54 Å². The van der Waals surface area contributed by atoms with E-state index in [4.69, 9.17) is 0 Å². The number of aromatic nitrogens is 1. The van der Waals surface area contributed by atoms with Gasteiger partial charge in [0.1, 0.15) is 0 Å². The molecule has 0 spiro atoms. The SMILES string of the molecule is Cc1ccc(CC(=O)N2CCc3sccc3[C@@H]2c2ccccc2)cn1. The zero-order valence-corrected chi connectivity index (χ0v) is 15.0. The molecule has 2 aromatic heterocycles. The molecule has 1 aliphatic rings. The van der Waals surface area contributed by atoms with Crippen molar-refractivity contribution in [2.24, 2.45) is 0 Å². The molecule has 0 radical (unpaired) electrons. The molecule has 0 fully saturated rings. The van der Waals surface area contributed by atoms with Crippen LogP contribution in [0, 0.1) is 6.92 Å². The predicted molar refractivity (Wildman–Crippen MR) is 101 cm³/mol. The Labute approximate surface area is 152 Å². The molecular formula is C21H20N2OS. The number of rotatable bonds is 3. The zero-order valence-electron chi connectivity index (χ0n) is 14.2. The Morgan fingerprint density at radius 2 is 2.04 bits per heavy atom. The van der Waals surface area contributed by atoms with Crippen LogP contribution in [0.15, 0.2) is 60.1 Å². The molecule has 1 atom stereocenters. The second kappa shape index (κ2) is 6.81. The van der Waals surface area contributed by atoms with Crippen LogP contribution in [0.2, 0.25) is 0 Å². The van der Waals surface area contributed by atoms with E-state index in [0.717, 1.165) is 24.2 Å². The van der Waals surface area contributed by atoms with E-state index in [2.05, 4.69) is 28.6 Å². The van der Waals surface area contributed by atoms with E-state index in [-0.39, 0.29) is 11.9 Å². The van der Waals surface area contributed by atoms with Crippen LogP contribution < -0.4 is 0 Å². The Hall–Kier alpha value is -2.46. The normalized spacial score (nSPS) is 16.5. The lowest BCUT2D eigenvalue weighted by Gasteiger charge is -2.36. The van der Waals surface area contributed by atoms with E-state index >= 15 is 0 Å². The number of thiophene rings is 1. The first-order valence-electron chi connectivity index (χ1n) is 8.54. The second-order valence-electron chi connectivity index (χ2n) is 6.43. The molecule has 0 saturated heterocycles. The second-order valence-corrected chi connectivity index (χ2v) is 7.43. The molecule has 25 heavy (non-hydrogen) atoms. The van der Waals surface area contributed by atoms with Crippen molar-refractivity contribution in [3.63, 3.8) is 0 Å².